The molecule has 0 spiro atoms. The van der Waals surface area contributed by atoms with Crippen LogP contribution in [-0.4, -0.2) is 30.3 Å². The van der Waals surface area contributed by atoms with E-state index in [1.54, 1.807) is 13.0 Å². The number of carbonyl (C=O) groups is 2. The molecule has 2 aromatic carbocycles. The smallest absolute Gasteiger partial charge is 0.237 e. The fourth-order valence-corrected chi connectivity index (χ4v) is 3.22. The fourth-order valence-electron chi connectivity index (χ4n) is 3.22. The van der Waals surface area contributed by atoms with E-state index in [-0.39, 0.29) is 6.54 Å². The number of hydrogen-bond donors (Lipinski definition) is 1. The molecule has 1 fully saturated rings. The van der Waals surface area contributed by atoms with Crippen LogP contribution in [0.4, 0.5) is 23.2 Å². The Labute approximate surface area is 152 Å². The van der Waals surface area contributed by atoms with Gasteiger partial charge >= 0.3 is 0 Å². The number of aryl methyl sites for hydroxylation is 1. The summed E-state index contributed by atoms with van der Waals surface area (Å²) in [6, 6.07) is 5.84. The van der Waals surface area contributed by atoms with Gasteiger partial charge in [-0.25, -0.2) is 17.6 Å². The first-order chi connectivity index (χ1) is 12.7. The molecule has 0 aromatic heterocycles. The molecule has 0 aliphatic carbocycles. The standard InChI is InChI=1S/C19H16F4N2O2/c1-9-7-10(3-4-12(9)20)11-8-25(2)19(27)15(11)18(26)24-14-6-5-13(21)16(22)17(14)23/h3-7,11,15H,8H2,1-2H3,(H,24,26)/t11-,15+/m1/s1. The van der Waals surface area contributed by atoms with E-state index in [2.05, 4.69) is 5.32 Å². The van der Waals surface area contributed by atoms with Gasteiger partial charge in [-0.3, -0.25) is 9.59 Å². The summed E-state index contributed by atoms with van der Waals surface area (Å²) in [5, 5.41) is 2.15. The third kappa shape index (κ3) is 3.39. The second-order valence-corrected chi connectivity index (χ2v) is 6.52. The molecule has 0 radical (unpaired) electrons. The van der Waals surface area contributed by atoms with E-state index >= 15 is 0 Å². The minimum atomic E-state index is -1.71. The number of anilines is 1. The molecule has 1 heterocycles. The van der Waals surface area contributed by atoms with Crippen molar-refractivity contribution in [2.24, 2.45) is 5.92 Å². The summed E-state index contributed by atoms with van der Waals surface area (Å²) in [6.07, 6.45) is 0. The van der Waals surface area contributed by atoms with Crippen molar-refractivity contribution < 1.29 is 27.2 Å². The highest BCUT2D eigenvalue weighted by Crippen LogP contribution is 2.35. The lowest BCUT2D eigenvalue weighted by molar-refractivity contribution is -0.135. The highest BCUT2D eigenvalue weighted by Gasteiger charge is 2.44. The summed E-state index contributed by atoms with van der Waals surface area (Å²) >= 11 is 0. The highest BCUT2D eigenvalue weighted by molar-refractivity contribution is 6.08. The van der Waals surface area contributed by atoms with Gasteiger partial charge in [-0.15, -0.1) is 0 Å². The van der Waals surface area contributed by atoms with Gasteiger partial charge in [0.15, 0.2) is 17.5 Å². The van der Waals surface area contributed by atoms with Crippen molar-refractivity contribution in [1.29, 1.82) is 0 Å². The second kappa shape index (κ2) is 7.02. The van der Waals surface area contributed by atoms with Crippen LogP contribution in [0.5, 0.6) is 0 Å². The molecule has 142 valence electrons. The Morgan fingerprint density at radius 1 is 1.07 bits per heavy atom. The lowest BCUT2D eigenvalue weighted by Gasteiger charge is -2.18. The van der Waals surface area contributed by atoms with Crippen LogP contribution >= 0.6 is 0 Å². The zero-order valence-corrected chi connectivity index (χ0v) is 14.5. The SMILES string of the molecule is Cc1cc([C@H]2CN(C)C(=O)[C@@H]2C(=O)Nc2ccc(F)c(F)c2F)ccc1F. The summed E-state index contributed by atoms with van der Waals surface area (Å²) in [5.41, 5.74) is 0.383. The molecule has 8 heteroatoms. The normalized spacial score (nSPS) is 19.5. The van der Waals surface area contributed by atoms with Crippen molar-refractivity contribution in [1.82, 2.24) is 4.90 Å². The maximum absolute atomic E-state index is 13.8. The molecule has 27 heavy (non-hydrogen) atoms. The molecule has 2 atom stereocenters. The first-order valence-electron chi connectivity index (χ1n) is 8.16. The number of rotatable bonds is 3. The second-order valence-electron chi connectivity index (χ2n) is 6.52. The predicted octanol–water partition coefficient (Wildman–Crippen LogP) is 3.36. The summed E-state index contributed by atoms with van der Waals surface area (Å²) in [7, 11) is 1.51. The van der Waals surface area contributed by atoms with Crippen molar-refractivity contribution in [2.75, 3.05) is 18.9 Å². The average molecular weight is 380 g/mol. The van der Waals surface area contributed by atoms with Gasteiger partial charge in [0.2, 0.25) is 11.8 Å². The van der Waals surface area contributed by atoms with Crippen molar-refractivity contribution in [3.8, 4) is 0 Å². The van der Waals surface area contributed by atoms with Crippen LogP contribution in [0, 0.1) is 36.1 Å². The van der Waals surface area contributed by atoms with Gasteiger partial charge in [0.25, 0.3) is 0 Å². The Morgan fingerprint density at radius 2 is 1.74 bits per heavy atom. The third-order valence-electron chi connectivity index (χ3n) is 4.70. The number of nitrogens with one attached hydrogen (secondary N) is 1. The van der Waals surface area contributed by atoms with E-state index in [0.29, 0.717) is 17.2 Å². The molecule has 0 saturated carbocycles. The average Bonchev–Trinajstić information content (AvgIpc) is 2.93. The number of benzene rings is 2. The molecule has 1 N–H and O–H groups in total. The molecule has 2 amide bonds. The molecule has 0 bridgehead atoms. The minimum absolute atomic E-state index is 0.211. The summed E-state index contributed by atoms with van der Waals surface area (Å²) in [6.45, 7) is 1.77. The zero-order valence-electron chi connectivity index (χ0n) is 14.5. The van der Waals surface area contributed by atoms with E-state index in [0.717, 1.165) is 6.07 Å². The van der Waals surface area contributed by atoms with Crippen molar-refractivity contribution in [2.45, 2.75) is 12.8 Å². The number of likely N-dealkylation sites (N-methyl/N-ethyl adjacent to an activating group) is 1. The van der Waals surface area contributed by atoms with Gasteiger partial charge in [-0.1, -0.05) is 12.1 Å². The molecule has 0 unspecified atom stereocenters. The van der Waals surface area contributed by atoms with Gasteiger partial charge in [0, 0.05) is 19.5 Å². The first-order valence-corrected chi connectivity index (χ1v) is 8.16. The molecule has 4 nitrogen and oxygen atoms in total. The van der Waals surface area contributed by atoms with E-state index in [4.69, 9.17) is 0 Å². The number of amides is 2. The lowest BCUT2D eigenvalue weighted by Crippen LogP contribution is -2.33. The molecule has 3 rings (SSSR count). The quantitative estimate of drug-likeness (QED) is 0.504. The van der Waals surface area contributed by atoms with Gasteiger partial charge in [-0.2, -0.15) is 0 Å². The Bertz CT molecular complexity index is 932. The number of nitrogens with zero attached hydrogens (tertiary/aromatic N) is 1. The maximum atomic E-state index is 13.8. The van der Waals surface area contributed by atoms with Crippen LogP contribution in [0.1, 0.15) is 17.0 Å². The van der Waals surface area contributed by atoms with E-state index in [9.17, 15) is 27.2 Å². The van der Waals surface area contributed by atoms with Gasteiger partial charge < -0.3 is 10.2 Å². The summed E-state index contributed by atoms with van der Waals surface area (Å²) in [4.78, 5) is 26.4. The van der Waals surface area contributed by atoms with Crippen molar-refractivity contribution in [3.05, 3.63) is 64.7 Å². The predicted molar refractivity (Wildman–Crippen MR) is 90.0 cm³/mol. The van der Waals surface area contributed by atoms with Gasteiger partial charge in [0.05, 0.1) is 5.69 Å². The maximum Gasteiger partial charge on any atom is 0.237 e. The molecular weight excluding hydrogens is 364 g/mol. The Balaban J connectivity index is 1.92. The Kier molecular flexibility index (Phi) is 4.91. The monoisotopic (exact) mass is 380 g/mol. The van der Waals surface area contributed by atoms with Gasteiger partial charge in [-0.05, 0) is 36.2 Å². The van der Waals surface area contributed by atoms with Gasteiger partial charge in [0.1, 0.15) is 11.7 Å². The molecule has 1 aliphatic rings. The molecule has 2 aromatic rings. The molecule has 1 aliphatic heterocycles. The summed E-state index contributed by atoms with van der Waals surface area (Å²) in [5.74, 6) is -8.20. The first kappa shape index (κ1) is 18.9. The topological polar surface area (TPSA) is 49.4 Å². The minimum Gasteiger partial charge on any atom is -0.344 e. The highest BCUT2D eigenvalue weighted by atomic mass is 19.2. The van der Waals surface area contributed by atoms with E-state index in [1.165, 1.54) is 24.1 Å². The van der Waals surface area contributed by atoms with Crippen LogP contribution in [0.2, 0.25) is 0 Å². The lowest BCUT2D eigenvalue weighted by atomic mass is 9.87. The van der Waals surface area contributed by atoms with Crippen LogP contribution in [0.3, 0.4) is 0 Å². The van der Waals surface area contributed by atoms with Crippen LogP contribution in [-0.2, 0) is 9.59 Å². The van der Waals surface area contributed by atoms with E-state index < -0.39 is 52.6 Å². The molecular formula is C19H16F4N2O2. The number of carbonyl (C=O) groups excluding carboxylic acids is 2. The van der Waals surface area contributed by atoms with E-state index in [1.807, 2.05) is 0 Å². The largest absolute Gasteiger partial charge is 0.344 e. The summed E-state index contributed by atoms with van der Waals surface area (Å²) < 4.78 is 53.8. The zero-order chi connectivity index (χ0) is 19.9. The number of halogens is 4. The van der Waals surface area contributed by atoms with Crippen molar-refractivity contribution >= 4 is 17.5 Å². The van der Waals surface area contributed by atoms with Crippen LogP contribution in [0.25, 0.3) is 0 Å². The molecule has 1 saturated heterocycles. The number of likely N-dealkylation sites (tertiary alicyclic amines) is 1. The third-order valence-corrected chi connectivity index (χ3v) is 4.70. The van der Waals surface area contributed by atoms with Crippen LogP contribution < -0.4 is 5.32 Å². The fraction of sp³-hybridized carbons (Fsp3) is 0.263. The number of hydrogen-bond acceptors (Lipinski definition) is 2. The van der Waals surface area contributed by atoms with Crippen LogP contribution in [0.15, 0.2) is 30.3 Å². The Morgan fingerprint density at radius 3 is 2.41 bits per heavy atom. The Hall–Kier alpha value is -2.90. The van der Waals surface area contributed by atoms with Crippen molar-refractivity contribution in [3.63, 3.8) is 0 Å².